The van der Waals surface area contributed by atoms with Crippen molar-refractivity contribution in [3.63, 3.8) is 0 Å². The molecule has 0 aromatic heterocycles. The van der Waals surface area contributed by atoms with Crippen molar-refractivity contribution >= 4 is 87.1 Å². The number of esters is 1. The lowest BCUT2D eigenvalue weighted by molar-refractivity contribution is -0.132. The van der Waals surface area contributed by atoms with Crippen molar-refractivity contribution in [3.05, 3.63) is 94.4 Å². The van der Waals surface area contributed by atoms with Crippen LogP contribution >= 0.6 is 63.7 Å². The van der Waals surface area contributed by atoms with Crippen LogP contribution in [0.25, 0.3) is 11.6 Å². The van der Waals surface area contributed by atoms with Crippen LogP contribution in [0.3, 0.4) is 0 Å². The van der Waals surface area contributed by atoms with Gasteiger partial charge in [0.2, 0.25) is 5.78 Å². The molecule has 1 N–H and O–H groups in total. The second-order valence-corrected chi connectivity index (χ2v) is 10.9. The molecule has 3 aromatic rings. The maximum atomic E-state index is 13.7. The summed E-state index contributed by atoms with van der Waals surface area (Å²) in [7, 11) is 3.08. The van der Waals surface area contributed by atoms with Crippen LogP contribution in [0.2, 0.25) is 0 Å². The summed E-state index contributed by atoms with van der Waals surface area (Å²) in [5.41, 5.74) is 1.64. The Bertz CT molecular complexity index is 1410. The molecule has 3 aromatic carbocycles. The summed E-state index contributed by atoms with van der Waals surface area (Å²) in [5.74, 6) is 0.0666. The van der Waals surface area contributed by atoms with E-state index in [9.17, 15) is 14.7 Å². The largest absolute Gasteiger partial charge is 0.506 e. The van der Waals surface area contributed by atoms with Crippen molar-refractivity contribution in [3.8, 4) is 17.2 Å². The number of methoxy groups -OCH3 is 2. The van der Waals surface area contributed by atoms with Crippen LogP contribution in [0, 0.1) is 0 Å². The van der Waals surface area contributed by atoms with E-state index < -0.39 is 11.8 Å². The van der Waals surface area contributed by atoms with E-state index in [4.69, 9.17) is 14.2 Å². The van der Waals surface area contributed by atoms with Gasteiger partial charge >= 0.3 is 5.97 Å². The van der Waals surface area contributed by atoms with Crippen molar-refractivity contribution in [1.29, 1.82) is 0 Å². The highest BCUT2D eigenvalue weighted by atomic mass is 79.9. The molecule has 0 aliphatic carbocycles. The Hall–Kier alpha value is -2.40. The van der Waals surface area contributed by atoms with Crippen LogP contribution in [0.15, 0.2) is 77.8 Å². The molecule has 1 aliphatic heterocycles. The number of halogens is 4. The van der Waals surface area contributed by atoms with Crippen molar-refractivity contribution in [1.82, 2.24) is 0 Å². The van der Waals surface area contributed by atoms with Gasteiger partial charge in [-0.15, -0.1) is 0 Å². The summed E-state index contributed by atoms with van der Waals surface area (Å²) in [5, 5.41) is 10.2. The fourth-order valence-electron chi connectivity index (χ4n) is 3.61. The Morgan fingerprint density at radius 2 is 1.47 bits per heavy atom. The Morgan fingerprint density at radius 3 is 2.00 bits per heavy atom. The Labute approximate surface area is 240 Å². The smallest absolute Gasteiger partial charge is 0.348 e. The van der Waals surface area contributed by atoms with Crippen LogP contribution in [0.4, 0.5) is 0 Å². The van der Waals surface area contributed by atoms with Gasteiger partial charge in [-0.3, -0.25) is 4.79 Å². The van der Waals surface area contributed by atoms with Crippen molar-refractivity contribution in [2.24, 2.45) is 0 Å². The van der Waals surface area contributed by atoms with Gasteiger partial charge in [0.25, 0.3) is 0 Å². The van der Waals surface area contributed by atoms with Crippen molar-refractivity contribution < 1.29 is 28.9 Å². The molecule has 0 spiro atoms. The molecule has 6 nitrogen and oxygen atoms in total. The normalized spacial score (nSPS) is 14.3. The maximum absolute atomic E-state index is 13.7. The third-order valence-corrected chi connectivity index (χ3v) is 7.70. The number of phenolic OH excluding ortho intramolecular Hbond substituents is 1. The van der Waals surface area contributed by atoms with Gasteiger partial charge in [-0.1, -0.05) is 12.1 Å². The zero-order chi connectivity index (χ0) is 26.1. The lowest BCUT2D eigenvalue weighted by Gasteiger charge is -2.11. The van der Waals surface area contributed by atoms with Gasteiger partial charge in [-0.25, -0.2) is 4.79 Å². The fourth-order valence-corrected chi connectivity index (χ4v) is 6.31. The van der Waals surface area contributed by atoms with Gasteiger partial charge in [0, 0.05) is 11.1 Å². The lowest BCUT2D eigenvalue weighted by atomic mass is 9.93. The van der Waals surface area contributed by atoms with Crippen molar-refractivity contribution in [2.45, 2.75) is 0 Å². The summed E-state index contributed by atoms with van der Waals surface area (Å²) in [6.07, 6.45) is 1.67. The molecule has 0 radical (unpaired) electrons. The number of allylic oxidation sites excluding steroid dienone is 1. The third-order valence-electron chi connectivity index (χ3n) is 5.31. The lowest BCUT2D eigenvalue weighted by Crippen LogP contribution is -2.11. The number of aromatic hydroxyl groups is 1. The van der Waals surface area contributed by atoms with Crippen LogP contribution in [-0.4, -0.2) is 31.1 Å². The molecule has 0 bridgehead atoms. The van der Waals surface area contributed by atoms with Crippen molar-refractivity contribution in [2.75, 3.05) is 14.2 Å². The molecule has 0 unspecified atom stereocenters. The molecular weight excluding hydrogens is 728 g/mol. The second-order valence-electron chi connectivity index (χ2n) is 7.51. The van der Waals surface area contributed by atoms with Gasteiger partial charge in [-0.05, 0) is 117 Å². The zero-order valence-corrected chi connectivity index (χ0v) is 25.0. The van der Waals surface area contributed by atoms with Gasteiger partial charge in [0.15, 0.2) is 0 Å². The number of hydrogen-bond donors (Lipinski definition) is 1. The first-order chi connectivity index (χ1) is 17.1. The van der Waals surface area contributed by atoms with Gasteiger partial charge in [0.05, 0.1) is 32.1 Å². The van der Waals surface area contributed by atoms with Gasteiger partial charge < -0.3 is 19.3 Å². The van der Waals surface area contributed by atoms with Crippen LogP contribution in [-0.2, 0) is 9.53 Å². The molecule has 1 aliphatic rings. The molecule has 0 atom stereocenters. The van der Waals surface area contributed by atoms with Crippen LogP contribution in [0.5, 0.6) is 17.2 Å². The number of carbonyl (C=O) groups is 2. The molecule has 184 valence electrons. The fraction of sp³-hybridized carbons (Fsp3) is 0.0769. The summed E-state index contributed by atoms with van der Waals surface area (Å²) >= 11 is 13.5. The summed E-state index contributed by atoms with van der Waals surface area (Å²) < 4.78 is 18.0. The second kappa shape index (κ2) is 10.9. The number of hydrogen-bond acceptors (Lipinski definition) is 6. The van der Waals surface area contributed by atoms with Gasteiger partial charge in [-0.2, -0.15) is 0 Å². The minimum absolute atomic E-state index is 0.0128. The number of rotatable bonds is 6. The molecule has 36 heavy (non-hydrogen) atoms. The molecule has 1 heterocycles. The zero-order valence-electron chi connectivity index (χ0n) is 18.7. The van der Waals surface area contributed by atoms with Crippen LogP contribution < -0.4 is 9.47 Å². The number of phenols is 1. The minimum atomic E-state index is -0.779. The van der Waals surface area contributed by atoms with E-state index in [0.29, 0.717) is 40.5 Å². The Kier molecular flexibility index (Phi) is 8.09. The quantitative estimate of drug-likeness (QED) is 0.159. The number of ether oxygens (including phenoxy) is 3. The van der Waals surface area contributed by atoms with E-state index in [0.717, 1.165) is 5.56 Å². The molecule has 0 saturated heterocycles. The number of Topliss-reactive ketones (excluding diaryl/α,β-unsaturated/α-hetero) is 1. The Balaban J connectivity index is 1.94. The molecule has 0 amide bonds. The SMILES string of the molecule is COc1ccc(/C=C2\OC(=O)C(C(=O)c3cc(Br)c(OC)c(Br)c3)=C2c2cc(Br)c(O)c(Br)c2)cc1. The molecule has 0 saturated carbocycles. The molecular formula is C26H16Br4O6. The highest BCUT2D eigenvalue weighted by Gasteiger charge is 2.37. The number of ketones is 1. The molecule has 0 fully saturated rings. The van der Waals surface area contributed by atoms with E-state index in [1.54, 1.807) is 61.7 Å². The Morgan fingerprint density at radius 1 is 0.889 bits per heavy atom. The van der Waals surface area contributed by atoms with E-state index in [1.165, 1.54) is 7.11 Å². The first-order valence-corrected chi connectivity index (χ1v) is 13.4. The monoisotopic (exact) mass is 740 g/mol. The average Bonchev–Trinajstić information content (AvgIpc) is 3.17. The standard InChI is InChI=1S/C26H16Br4O6/c1-34-15-5-3-12(4-6-15)7-20-21(13-8-16(27)24(32)17(28)9-13)22(26(33)36-20)23(31)14-10-18(29)25(35-2)19(30)11-14/h3-11,32H,1-2H3/b20-7-. The van der Waals surface area contributed by atoms with E-state index >= 15 is 0 Å². The maximum Gasteiger partial charge on any atom is 0.348 e. The first kappa shape index (κ1) is 26.7. The summed E-state index contributed by atoms with van der Waals surface area (Å²) in [6, 6.07) is 13.6. The average molecular weight is 744 g/mol. The van der Waals surface area contributed by atoms with E-state index in [1.807, 2.05) is 0 Å². The van der Waals surface area contributed by atoms with Crippen LogP contribution in [0.1, 0.15) is 21.5 Å². The molecule has 10 heteroatoms. The molecule has 4 rings (SSSR count). The summed E-state index contributed by atoms with van der Waals surface area (Å²) in [4.78, 5) is 26.8. The minimum Gasteiger partial charge on any atom is -0.506 e. The predicted octanol–water partition coefficient (Wildman–Crippen LogP) is 7.69. The summed E-state index contributed by atoms with van der Waals surface area (Å²) in [6.45, 7) is 0. The number of cyclic esters (lactones) is 1. The number of carbonyl (C=O) groups excluding carboxylic acids is 2. The van der Waals surface area contributed by atoms with Gasteiger partial charge in [0.1, 0.15) is 28.6 Å². The highest BCUT2D eigenvalue weighted by molar-refractivity contribution is 9.11. The highest BCUT2D eigenvalue weighted by Crippen LogP contribution is 2.43. The number of benzene rings is 3. The van der Waals surface area contributed by atoms with E-state index in [2.05, 4.69) is 63.7 Å². The van der Waals surface area contributed by atoms with E-state index in [-0.39, 0.29) is 22.6 Å². The topological polar surface area (TPSA) is 82.1 Å². The third kappa shape index (κ3) is 5.18. The predicted molar refractivity (Wildman–Crippen MR) is 150 cm³/mol. The first-order valence-electron chi connectivity index (χ1n) is 10.2.